The van der Waals surface area contributed by atoms with Crippen LogP contribution in [0.15, 0.2) is 36.4 Å². The third-order valence-corrected chi connectivity index (χ3v) is 4.43. The van der Waals surface area contributed by atoms with Crippen molar-refractivity contribution >= 4 is 29.0 Å². The predicted octanol–water partition coefficient (Wildman–Crippen LogP) is 3.79. The van der Waals surface area contributed by atoms with Crippen molar-refractivity contribution in [1.82, 2.24) is 10.2 Å². The molecule has 0 aliphatic heterocycles. The topological polar surface area (TPSA) is 41.6 Å². The molecule has 0 unspecified atom stereocenters. The minimum atomic E-state index is -0.0852. The average Bonchev–Trinajstić information content (AvgIpc) is 2.93. The largest absolute Gasteiger partial charge is 0.497 e. The van der Waals surface area contributed by atoms with Crippen molar-refractivity contribution in [3.8, 4) is 5.75 Å². The standard InChI is InChI=1S/C16H19ClN2O2S/c1-19(11-14-7-8-15(17)22-14)16(20)18-10-9-12-3-5-13(21-2)6-4-12/h3-8H,9-11H2,1-2H3,(H,18,20). The van der Waals surface area contributed by atoms with Gasteiger partial charge in [-0.15, -0.1) is 11.3 Å². The molecule has 4 nitrogen and oxygen atoms in total. The number of methoxy groups -OCH3 is 1. The van der Waals surface area contributed by atoms with E-state index in [2.05, 4.69) is 5.32 Å². The van der Waals surface area contributed by atoms with Crippen LogP contribution in [0, 0.1) is 0 Å². The summed E-state index contributed by atoms with van der Waals surface area (Å²) in [6, 6.07) is 11.5. The number of carbonyl (C=O) groups excluding carboxylic acids is 1. The number of nitrogens with one attached hydrogen (secondary N) is 1. The highest BCUT2D eigenvalue weighted by molar-refractivity contribution is 7.16. The highest BCUT2D eigenvalue weighted by Crippen LogP contribution is 2.22. The van der Waals surface area contributed by atoms with Gasteiger partial charge in [-0.2, -0.15) is 0 Å². The zero-order valence-electron chi connectivity index (χ0n) is 12.6. The van der Waals surface area contributed by atoms with E-state index in [-0.39, 0.29) is 6.03 Å². The number of amides is 2. The molecule has 6 heteroatoms. The molecule has 0 aliphatic carbocycles. The minimum Gasteiger partial charge on any atom is -0.497 e. The molecule has 0 atom stereocenters. The Hall–Kier alpha value is -1.72. The molecule has 0 saturated carbocycles. The number of rotatable bonds is 6. The second-order valence-electron chi connectivity index (χ2n) is 4.89. The smallest absolute Gasteiger partial charge is 0.317 e. The molecule has 1 aromatic carbocycles. The first-order chi connectivity index (χ1) is 10.6. The Kier molecular flexibility index (Phi) is 6.10. The lowest BCUT2D eigenvalue weighted by molar-refractivity contribution is 0.207. The Labute approximate surface area is 139 Å². The van der Waals surface area contributed by atoms with Gasteiger partial charge in [-0.25, -0.2) is 4.79 Å². The fourth-order valence-corrected chi connectivity index (χ4v) is 3.12. The summed E-state index contributed by atoms with van der Waals surface area (Å²) in [5, 5.41) is 2.91. The molecule has 0 bridgehead atoms. The first-order valence-electron chi connectivity index (χ1n) is 6.94. The molecule has 118 valence electrons. The van der Waals surface area contributed by atoms with Gasteiger partial charge in [-0.1, -0.05) is 23.7 Å². The zero-order chi connectivity index (χ0) is 15.9. The highest BCUT2D eigenvalue weighted by atomic mass is 35.5. The first-order valence-corrected chi connectivity index (χ1v) is 8.14. The summed E-state index contributed by atoms with van der Waals surface area (Å²) in [7, 11) is 3.42. The van der Waals surface area contributed by atoms with Gasteiger partial charge in [0.05, 0.1) is 18.0 Å². The summed E-state index contributed by atoms with van der Waals surface area (Å²) in [6.45, 7) is 1.16. The lowest BCUT2D eigenvalue weighted by Gasteiger charge is -2.17. The maximum atomic E-state index is 12.0. The highest BCUT2D eigenvalue weighted by Gasteiger charge is 2.09. The SMILES string of the molecule is COc1ccc(CCNC(=O)N(C)Cc2ccc(Cl)s2)cc1. The van der Waals surface area contributed by atoms with Gasteiger partial charge in [0.25, 0.3) is 0 Å². The lowest BCUT2D eigenvalue weighted by atomic mass is 10.1. The van der Waals surface area contributed by atoms with Crippen LogP contribution < -0.4 is 10.1 Å². The minimum absolute atomic E-state index is 0.0852. The number of halogens is 1. The number of hydrogen-bond acceptors (Lipinski definition) is 3. The van der Waals surface area contributed by atoms with Gasteiger partial charge >= 0.3 is 6.03 Å². The van der Waals surface area contributed by atoms with Gasteiger partial charge in [0.2, 0.25) is 0 Å². The molecule has 0 spiro atoms. The molecule has 22 heavy (non-hydrogen) atoms. The Bertz CT molecular complexity index is 613. The van der Waals surface area contributed by atoms with Crippen molar-refractivity contribution in [3.63, 3.8) is 0 Å². The van der Waals surface area contributed by atoms with Crippen LogP contribution in [0.4, 0.5) is 4.79 Å². The third-order valence-electron chi connectivity index (χ3n) is 3.22. The lowest BCUT2D eigenvalue weighted by Crippen LogP contribution is -2.37. The fraction of sp³-hybridized carbons (Fsp3) is 0.312. The van der Waals surface area contributed by atoms with Crippen molar-refractivity contribution in [2.75, 3.05) is 20.7 Å². The summed E-state index contributed by atoms with van der Waals surface area (Å²) in [5.74, 6) is 0.835. The molecule has 1 heterocycles. The summed E-state index contributed by atoms with van der Waals surface area (Å²) >= 11 is 7.38. The van der Waals surface area contributed by atoms with Gasteiger partial charge in [-0.05, 0) is 36.2 Å². The second kappa shape index (κ2) is 8.06. The van der Waals surface area contributed by atoms with E-state index in [1.54, 1.807) is 19.1 Å². The molecule has 1 aromatic heterocycles. The maximum absolute atomic E-state index is 12.0. The Morgan fingerprint density at radius 1 is 1.27 bits per heavy atom. The maximum Gasteiger partial charge on any atom is 0.317 e. The zero-order valence-corrected chi connectivity index (χ0v) is 14.2. The van der Waals surface area contributed by atoms with Crippen LogP contribution in [-0.2, 0) is 13.0 Å². The third kappa shape index (κ3) is 4.93. The number of hydrogen-bond donors (Lipinski definition) is 1. The Balaban J connectivity index is 1.74. The quantitative estimate of drug-likeness (QED) is 0.870. The van der Waals surface area contributed by atoms with Gasteiger partial charge in [0.15, 0.2) is 0 Å². The number of carbonyl (C=O) groups is 1. The molecule has 0 fully saturated rings. The summed E-state index contributed by atoms with van der Waals surface area (Å²) in [6.07, 6.45) is 0.786. The van der Waals surface area contributed by atoms with E-state index in [1.165, 1.54) is 11.3 Å². The Morgan fingerprint density at radius 3 is 2.59 bits per heavy atom. The van der Waals surface area contributed by atoms with Crippen molar-refractivity contribution in [1.29, 1.82) is 0 Å². The Morgan fingerprint density at radius 2 is 2.00 bits per heavy atom. The van der Waals surface area contributed by atoms with E-state index < -0.39 is 0 Å². The van der Waals surface area contributed by atoms with Crippen molar-refractivity contribution in [2.45, 2.75) is 13.0 Å². The molecular weight excluding hydrogens is 320 g/mol. The molecular formula is C16H19ClN2O2S. The molecule has 2 aromatic rings. The van der Waals surface area contributed by atoms with Crippen molar-refractivity contribution in [3.05, 3.63) is 51.2 Å². The summed E-state index contributed by atoms with van der Waals surface area (Å²) < 4.78 is 5.86. The molecule has 0 radical (unpaired) electrons. The van der Waals surface area contributed by atoms with E-state index in [0.29, 0.717) is 13.1 Å². The average molecular weight is 339 g/mol. The van der Waals surface area contributed by atoms with Crippen LogP contribution in [0.5, 0.6) is 5.75 Å². The molecule has 0 aliphatic rings. The molecule has 1 N–H and O–H groups in total. The predicted molar refractivity (Wildman–Crippen MR) is 90.9 cm³/mol. The van der Waals surface area contributed by atoms with E-state index in [4.69, 9.17) is 16.3 Å². The normalized spacial score (nSPS) is 10.3. The van der Waals surface area contributed by atoms with Crippen LogP contribution in [0.25, 0.3) is 0 Å². The van der Waals surface area contributed by atoms with Gasteiger partial charge in [-0.3, -0.25) is 0 Å². The number of ether oxygens (including phenoxy) is 1. The van der Waals surface area contributed by atoms with Gasteiger partial charge in [0, 0.05) is 18.5 Å². The molecule has 2 amide bonds. The van der Waals surface area contributed by atoms with E-state index in [0.717, 1.165) is 26.9 Å². The van der Waals surface area contributed by atoms with E-state index >= 15 is 0 Å². The number of thiophene rings is 1. The molecule has 2 rings (SSSR count). The van der Waals surface area contributed by atoms with Crippen LogP contribution in [-0.4, -0.2) is 31.6 Å². The van der Waals surface area contributed by atoms with Crippen LogP contribution in [0.2, 0.25) is 4.34 Å². The monoisotopic (exact) mass is 338 g/mol. The van der Waals surface area contributed by atoms with Crippen LogP contribution in [0.3, 0.4) is 0 Å². The summed E-state index contributed by atoms with van der Waals surface area (Å²) in [5.41, 5.74) is 1.16. The van der Waals surface area contributed by atoms with E-state index in [9.17, 15) is 4.79 Å². The second-order valence-corrected chi connectivity index (χ2v) is 6.69. The van der Waals surface area contributed by atoms with Crippen LogP contribution in [0.1, 0.15) is 10.4 Å². The number of urea groups is 1. The van der Waals surface area contributed by atoms with E-state index in [1.807, 2.05) is 36.4 Å². The van der Waals surface area contributed by atoms with Gasteiger partial charge in [0.1, 0.15) is 5.75 Å². The van der Waals surface area contributed by atoms with Crippen molar-refractivity contribution in [2.24, 2.45) is 0 Å². The van der Waals surface area contributed by atoms with Crippen LogP contribution >= 0.6 is 22.9 Å². The van der Waals surface area contributed by atoms with Crippen molar-refractivity contribution < 1.29 is 9.53 Å². The number of benzene rings is 1. The number of nitrogens with zero attached hydrogens (tertiary/aromatic N) is 1. The van der Waals surface area contributed by atoms with Gasteiger partial charge < -0.3 is 15.0 Å². The molecule has 0 saturated heterocycles. The fourth-order valence-electron chi connectivity index (χ4n) is 1.98. The first kappa shape index (κ1) is 16.6. The summed E-state index contributed by atoms with van der Waals surface area (Å²) in [4.78, 5) is 14.7.